The molecule has 1 aromatic rings. The van der Waals surface area contributed by atoms with Crippen molar-refractivity contribution in [1.82, 2.24) is 16.0 Å². The standard InChI is InChI=1S/C22H36N4O3/c1-4-17(3)26-20(28)19-8-6-18(7-9-19)14-24-21(23-5-2)25-15-22(10-12-27)11-13-29-16-22/h6-9,17,27H,4-5,10-16H2,1-3H3,(H,26,28)(H2,23,24,25). The van der Waals surface area contributed by atoms with Crippen LogP contribution < -0.4 is 16.0 Å². The van der Waals surface area contributed by atoms with Crippen LogP contribution in [0.25, 0.3) is 0 Å². The molecule has 0 spiro atoms. The number of hydrogen-bond acceptors (Lipinski definition) is 4. The average molecular weight is 405 g/mol. The molecule has 2 rings (SSSR count). The van der Waals surface area contributed by atoms with Gasteiger partial charge in [-0.25, -0.2) is 4.99 Å². The highest BCUT2D eigenvalue weighted by molar-refractivity contribution is 5.94. The Bertz CT molecular complexity index is 655. The molecule has 0 bridgehead atoms. The Morgan fingerprint density at radius 2 is 2.03 bits per heavy atom. The fraction of sp³-hybridized carbons (Fsp3) is 0.636. The monoisotopic (exact) mass is 404 g/mol. The van der Waals surface area contributed by atoms with Crippen molar-refractivity contribution in [2.24, 2.45) is 10.4 Å². The minimum absolute atomic E-state index is 0.0322. The smallest absolute Gasteiger partial charge is 0.251 e. The third-order valence-electron chi connectivity index (χ3n) is 5.43. The quantitative estimate of drug-likeness (QED) is 0.354. The first-order valence-corrected chi connectivity index (χ1v) is 10.6. The summed E-state index contributed by atoms with van der Waals surface area (Å²) < 4.78 is 5.55. The number of aliphatic imine (C=N–C) groups is 1. The first-order chi connectivity index (χ1) is 14.0. The molecule has 29 heavy (non-hydrogen) atoms. The maximum atomic E-state index is 12.2. The molecule has 0 radical (unpaired) electrons. The minimum atomic E-state index is -0.0441. The minimum Gasteiger partial charge on any atom is -0.396 e. The second-order valence-corrected chi connectivity index (χ2v) is 7.80. The third kappa shape index (κ3) is 7.33. The lowest BCUT2D eigenvalue weighted by atomic mass is 9.84. The van der Waals surface area contributed by atoms with E-state index >= 15 is 0 Å². The topological polar surface area (TPSA) is 95.0 Å². The first kappa shape index (κ1) is 23.2. The summed E-state index contributed by atoms with van der Waals surface area (Å²) in [5.41, 5.74) is 1.67. The summed E-state index contributed by atoms with van der Waals surface area (Å²) in [5.74, 6) is 0.702. The van der Waals surface area contributed by atoms with E-state index in [-0.39, 0.29) is 24.0 Å². The molecule has 1 fully saturated rings. The Labute approximate surface area is 174 Å². The molecule has 4 N–H and O–H groups in total. The largest absolute Gasteiger partial charge is 0.396 e. The SMILES string of the molecule is CCNC(=NCc1ccc(C(=O)NC(C)CC)cc1)NCC1(CCO)CCOC1. The Morgan fingerprint density at radius 3 is 2.62 bits per heavy atom. The number of carbonyl (C=O) groups is 1. The van der Waals surface area contributed by atoms with Gasteiger partial charge in [-0.1, -0.05) is 19.1 Å². The molecule has 0 aliphatic carbocycles. The lowest BCUT2D eigenvalue weighted by molar-refractivity contribution is 0.0939. The van der Waals surface area contributed by atoms with Crippen LogP contribution in [-0.4, -0.2) is 55.9 Å². The Kier molecular flexibility index (Phi) is 9.41. The van der Waals surface area contributed by atoms with Crippen LogP contribution in [-0.2, 0) is 11.3 Å². The lowest BCUT2D eigenvalue weighted by Gasteiger charge is -2.27. The number of ether oxygens (including phenoxy) is 1. The van der Waals surface area contributed by atoms with Crippen molar-refractivity contribution in [2.45, 2.75) is 52.6 Å². The maximum Gasteiger partial charge on any atom is 0.251 e. The number of hydrogen-bond donors (Lipinski definition) is 4. The summed E-state index contributed by atoms with van der Waals surface area (Å²) >= 11 is 0. The van der Waals surface area contributed by atoms with Gasteiger partial charge in [-0.3, -0.25) is 4.79 Å². The second-order valence-electron chi connectivity index (χ2n) is 7.80. The molecule has 162 valence electrons. The van der Waals surface area contributed by atoms with Gasteiger partial charge >= 0.3 is 0 Å². The van der Waals surface area contributed by atoms with Crippen molar-refractivity contribution in [3.05, 3.63) is 35.4 Å². The van der Waals surface area contributed by atoms with Gasteiger partial charge in [0.1, 0.15) is 0 Å². The number of benzene rings is 1. The van der Waals surface area contributed by atoms with E-state index in [1.807, 2.05) is 45.0 Å². The molecule has 0 saturated carbocycles. The molecule has 1 saturated heterocycles. The van der Waals surface area contributed by atoms with Crippen LogP contribution in [0.3, 0.4) is 0 Å². The molecule has 1 aromatic carbocycles. The molecular weight excluding hydrogens is 368 g/mol. The van der Waals surface area contributed by atoms with Crippen LogP contribution in [0.2, 0.25) is 0 Å². The molecule has 2 atom stereocenters. The second kappa shape index (κ2) is 11.8. The normalized spacial score (nSPS) is 20.3. The number of guanidine groups is 1. The van der Waals surface area contributed by atoms with Crippen LogP contribution in [0.4, 0.5) is 0 Å². The van der Waals surface area contributed by atoms with Crippen LogP contribution in [0, 0.1) is 5.41 Å². The first-order valence-electron chi connectivity index (χ1n) is 10.6. The molecule has 1 amide bonds. The van der Waals surface area contributed by atoms with Crippen LogP contribution in [0.5, 0.6) is 0 Å². The van der Waals surface area contributed by atoms with Gasteiger partial charge in [-0.15, -0.1) is 0 Å². The van der Waals surface area contributed by atoms with Crippen molar-refractivity contribution in [3.63, 3.8) is 0 Å². The Balaban J connectivity index is 1.94. The number of nitrogens with one attached hydrogen (secondary N) is 3. The van der Waals surface area contributed by atoms with Crippen molar-refractivity contribution in [2.75, 3.05) is 32.9 Å². The van der Waals surface area contributed by atoms with Gasteiger partial charge in [0.2, 0.25) is 0 Å². The summed E-state index contributed by atoms with van der Waals surface area (Å²) in [6.45, 7) is 9.66. The molecule has 2 unspecified atom stereocenters. The molecule has 1 aliphatic heterocycles. The zero-order chi connectivity index (χ0) is 21.1. The van der Waals surface area contributed by atoms with Gasteiger partial charge in [0.05, 0.1) is 13.2 Å². The fourth-order valence-corrected chi connectivity index (χ4v) is 3.27. The van der Waals surface area contributed by atoms with Crippen LogP contribution >= 0.6 is 0 Å². The number of aliphatic hydroxyl groups excluding tert-OH is 1. The molecule has 7 nitrogen and oxygen atoms in total. The number of aliphatic hydroxyl groups is 1. The zero-order valence-corrected chi connectivity index (χ0v) is 18.0. The number of nitrogens with zero attached hydrogens (tertiary/aromatic N) is 1. The Morgan fingerprint density at radius 1 is 1.28 bits per heavy atom. The fourth-order valence-electron chi connectivity index (χ4n) is 3.27. The predicted molar refractivity (Wildman–Crippen MR) is 116 cm³/mol. The van der Waals surface area contributed by atoms with Crippen molar-refractivity contribution < 1.29 is 14.6 Å². The Hall–Kier alpha value is -2.12. The third-order valence-corrected chi connectivity index (χ3v) is 5.43. The van der Waals surface area contributed by atoms with E-state index in [9.17, 15) is 9.90 Å². The van der Waals surface area contributed by atoms with E-state index in [1.54, 1.807) is 0 Å². The molecule has 0 aromatic heterocycles. The van der Waals surface area contributed by atoms with E-state index in [1.165, 1.54) is 0 Å². The van der Waals surface area contributed by atoms with E-state index in [2.05, 4.69) is 20.9 Å². The average Bonchev–Trinajstić information content (AvgIpc) is 3.19. The van der Waals surface area contributed by atoms with Crippen LogP contribution in [0.15, 0.2) is 29.3 Å². The van der Waals surface area contributed by atoms with Gasteiger partial charge in [0.15, 0.2) is 5.96 Å². The van der Waals surface area contributed by atoms with E-state index < -0.39 is 0 Å². The predicted octanol–water partition coefficient (Wildman–Crippen LogP) is 2.06. The van der Waals surface area contributed by atoms with E-state index in [4.69, 9.17) is 4.74 Å². The highest BCUT2D eigenvalue weighted by atomic mass is 16.5. The number of carbonyl (C=O) groups excluding carboxylic acids is 1. The van der Waals surface area contributed by atoms with E-state index in [0.717, 1.165) is 43.9 Å². The summed E-state index contributed by atoms with van der Waals surface area (Å²) in [6.07, 6.45) is 2.57. The summed E-state index contributed by atoms with van der Waals surface area (Å²) in [5, 5.41) is 19.0. The van der Waals surface area contributed by atoms with Gasteiger partial charge < -0.3 is 25.8 Å². The van der Waals surface area contributed by atoms with Crippen molar-refractivity contribution in [3.8, 4) is 0 Å². The molecular formula is C22H36N4O3. The molecule has 7 heteroatoms. The molecule has 1 aliphatic rings. The van der Waals surface area contributed by atoms with Gasteiger partial charge in [0.25, 0.3) is 5.91 Å². The zero-order valence-electron chi connectivity index (χ0n) is 18.0. The van der Waals surface area contributed by atoms with Crippen molar-refractivity contribution in [1.29, 1.82) is 0 Å². The lowest BCUT2D eigenvalue weighted by Crippen LogP contribution is -2.44. The summed E-state index contributed by atoms with van der Waals surface area (Å²) in [7, 11) is 0. The van der Waals surface area contributed by atoms with Gasteiger partial charge in [-0.05, 0) is 50.8 Å². The number of amides is 1. The summed E-state index contributed by atoms with van der Waals surface area (Å²) in [4.78, 5) is 16.8. The highest BCUT2D eigenvalue weighted by Crippen LogP contribution is 2.31. The summed E-state index contributed by atoms with van der Waals surface area (Å²) in [6, 6.07) is 7.73. The highest BCUT2D eigenvalue weighted by Gasteiger charge is 2.34. The number of rotatable bonds is 10. The maximum absolute atomic E-state index is 12.2. The van der Waals surface area contributed by atoms with Gasteiger partial charge in [0, 0.05) is 43.3 Å². The van der Waals surface area contributed by atoms with Gasteiger partial charge in [-0.2, -0.15) is 0 Å². The van der Waals surface area contributed by atoms with Crippen molar-refractivity contribution >= 4 is 11.9 Å². The van der Waals surface area contributed by atoms with Crippen LogP contribution in [0.1, 0.15) is 56.0 Å². The molecule has 1 heterocycles. The van der Waals surface area contributed by atoms with E-state index in [0.29, 0.717) is 25.3 Å².